The zero-order valence-electron chi connectivity index (χ0n) is 9.72. The van der Waals surface area contributed by atoms with Crippen LogP contribution in [0.15, 0.2) is 0 Å². The van der Waals surface area contributed by atoms with Gasteiger partial charge in [-0.15, -0.1) is 0 Å². The van der Waals surface area contributed by atoms with Crippen molar-refractivity contribution in [3.8, 4) is 0 Å². The van der Waals surface area contributed by atoms with E-state index < -0.39 is 0 Å². The van der Waals surface area contributed by atoms with E-state index in [9.17, 15) is 4.79 Å². The van der Waals surface area contributed by atoms with Crippen LogP contribution in [0.25, 0.3) is 0 Å². The quantitative estimate of drug-likeness (QED) is 0.433. The van der Waals surface area contributed by atoms with Gasteiger partial charge in [0.25, 0.3) is 0 Å². The molecular weight excluding hydrogens is 174 g/mol. The first kappa shape index (κ1) is 13.6. The summed E-state index contributed by atoms with van der Waals surface area (Å²) >= 11 is 0. The van der Waals surface area contributed by atoms with Crippen molar-refractivity contribution < 1.29 is 4.79 Å². The zero-order chi connectivity index (χ0) is 10.6. The first-order chi connectivity index (χ1) is 6.77. The molecular formula is C12H25NO. The van der Waals surface area contributed by atoms with E-state index in [1.165, 1.54) is 32.1 Å². The average molecular weight is 199 g/mol. The van der Waals surface area contributed by atoms with Gasteiger partial charge in [-0.25, -0.2) is 0 Å². The van der Waals surface area contributed by atoms with E-state index in [-0.39, 0.29) is 0 Å². The van der Waals surface area contributed by atoms with Crippen LogP contribution in [0.3, 0.4) is 0 Å². The molecule has 0 rings (SSSR count). The van der Waals surface area contributed by atoms with E-state index in [1.807, 2.05) is 0 Å². The van der Waals surface area contributed by atoms with Crippen LogP contribution in [0.5, 0.6) is 0 Å². The summed E-state index contributed by atoms with van der Waals surface area (Å²) in [5.41, 5.74) is 0. The maximum atomic E-state index is 10.0. The lowest BCUT2D eigenvalue weighted by atomic mass is 10.0. The van der Waals surface area contributed by atoms with Crippen molar-refractivity contribution in [3.63, 3.8) is 0 Å². The summed E-state index contributed by atoms with van der Waals surface area (Å²) in [6.07, 6.45) is 8.26. The molecule has 2 heteroatoms. The highest BCUT2D eigenvalue weighted by Gasteiger charge is 1.94. The number of aldehydes is 1. The molecule has 0 saturated carbocycles. The number of rotatable bonds is 10. The smallest absolute Gasteiger partial charge is 0.121 e. The molecule has 0 radical (unpaired) electrons. The minimum absolute atomic E-state index is 0.646. The number of hydrogen-bond acceptors (Lipinski definition) is 2. The van der Waals surface area contributed by atoms with E-state index >= 15 is 0 Å². The molecule has 0 aromatic heterocycles. The molecule has 0 aliphatic carbocycles. The zero-order valence-corrected chi connectivity index (χ0v) is 9.72. The summed E-state index contributed by atoms with van der Waals surface area (Å²) < 4.78 is 0. The maximum Gasteiger partial charge on any atom is 0.121 e. The molecule has 0 aromatic carbocycles. The van der Waals surface area contributed by atoms with Gasteiger partial charge in [0.1, 0.15) is 6.29 Å². The van der Waals surface area contributed by atoms with E-state index in [1.54, 1.807) is 0 Å². The highest BCUT2D eigenvalue weighted by molar-refractivity contribution is 5.49. The molecule has 0 fully saturated rings. The third-order valence-corrected chi connectivity index (χ3v) is 2.32. The monoisotopic (exact) mass is 199 g/mol. The second kappa shape index (κ2) is 10.7. The average Bonchev–Trinajstić information content (AvgIpc) is 2.15. The Labute approximate surface area is 88.5 Å². The Kier molecular flexibility index (Phi) is 10.4. The molecule has 0 amide bonds. The Morgan fingerprint density at radius 3 is 2.43 bits per heavy atom. The Hall–Kier alpha value is -0.370. The Morgan fingerprint density at radius 1 is 1.07 bits per heavy atom. The molecule has 0 spiro atoms. The summed E-state index contributed by atoms with van der Waals surface area (Å²) in [5.74, 6) is 0.848. The molecule has 0 heterocycles. The van der Waals surface area contributed by atoms with E-state index in [0.29, 0.717) is 6.42 Å². The molecule has 0 bridgehead atoms. The maximum absolute atomic E-state index is 10.0. The van der Waals surface area contributed by atoms with Crippen LogP contribution in [0.2, 0.25) is 0 Å². The van der Waals surface area contributed by atoms with Crippen LogP contribution >= 0.6 is 0 Å². The normalized spacial score (nSPS) is 10.8. The molecule has 0 atom stereocenters. The molecule has 14 heavy (non-hydrogen) atoms. The largest absolute Gasteiger partial charge is 0.316 e. The minimum atomic E-state index is 0.646. The number of hydrogen-bond donors (Lipinski definition) is 1. The predicted molar refractivity (Wildman–Crippen MR) is 61.5 cm³/mol. The molecule has 0 aliphatic rings. The molecule has 0 unspecified atom stereocenters. The summed E-state index contributed by atoms with van der Waals surface area (Å²) in [6.45, 7) is 6.47. The first-order valence-electron chi connectivity index (χ1n) is 5.91. The fourth-order valence-corrected chi connectivity index (χ4v) is 1.44. The molecule has 2 nitrogen and oxygen atoms in total. The SMILES string of the molecule is CC(C)CCCCCCNCCC=O. The van der Waals surface area contributed by atoms with Crippen molar-refractivity contribution in [3.05, 3.63) is 0 Å². The fraction of sp³-hybridized carbons (Fsp3) is 0.917. The van der Waals surface area contributed by atoms with Crippen LogP contribution in [0.1, 0.15) is 52.4 Å². The van der Waals surface area contributed by atoms with Crippen LogP contribution in [-0.4, -0.2) is 19.4 Å². The second-order valence-corrected chi connectivity index (χ2v) is 4.30. The first-order valence-corrected chi connectivity index (χ1v) is 5.91. The van der Waals surface area contributed by atoms with Gasteiger partial charge in [0, 0.05) is 13.0 Å². The Bertz CT molecular complexity index is 123. The summed E-state index contributed by atoms with van der Waals surface area (Å²) in [5, 5.41) is 3.25. The standard InChI is InChI=1S/C12H25NO/c1-12(2)8-5-3-4-6-9-13-10-7-11-14/h11-13H,3-10H2,1-2H3. The molecule has 0 saturated heterocycles. The van der Waals surface area contributed by atoms with Crippen molar-refractivity contribution in [2.24, 2.45) is 5.92 Å². The van der Waals surface area contributed by atoms with Crippen LogP contribution < -0.4 is 5.32 Å². The van der Waals surface area contributed by atoms with E-state index in [2.05, 4.69) is 19.2 Å². The molecule has 1 N–H and O–H groups in total. The third-order valence-electron chi connectivity index (χ3n) is 2.32. The van der Waals surface area contributed by atoms with Gasteiger partial charge in [-0.3, -0.25) is 0 Å². The van der Waals surface area contributed by atoms with Gasteiger partial charge in [0.05, 0.1) is 0 Å². The summed E-state index contributed by atoms with van der Waals surface area (Å²) in [4.78, 5) is 10.0. The molecule has 0 aliphatic heterocycles. The Morgan fingerprint density at radius 2 is 1.79 bits per heavy atom. The van der Waals surface area contributed by atoms with Crippen LogP contribution in [0, 0.1) is 5.92 Å². The summed E-state index contributed by atoms with van der Waals surface area (Å²) in [6, 6.07) is 0. The van der Waals surface area contributed by atoms with E-state index in [0.717, 1.165) is 25.3 Å². The fourth-order valence-electron chi connectivity index (χ4n) is 1.44. The lowest BCUT2D eigenvalue weighted by Crippen LogP contribution is -2.16. The van der Waals surface area contributed by atoms with Crippen molar-refractivity contribution >= 4 is 6.29 Å². The van der Waals surface area contributed by atoms with Crippen molar-refractivity contribution in [2.75, 3.05) is 13.1 Å². The topological polar surface area (TPSA) is 29.1 Å². The Balaban J connectivity index is 2.88. The minimum Gasteiger partial charge on any atom is -0.316 e. The molecule has 0 aromatic rings. The number of unbranched alkanes of at least 4 members (excludes halogenated alkanes) is 3. The van der Waals surface area contributed by atoms with Gasteiger partial charge >= 0.3 is 0 Å². The van der Waals surface area contributed by atoms with Gasteiger partial charge in [-0.1, -0.05) is 39.5 Å². The number of carbonyl (C=O) groups is 1. The van der Waals surface area contributed by atoms with Gasteiger partial charge in [0.2, 0.25) is 0 Å². The second-order valence-electron chi connectivity index (χ2n) is 4.30. The highest BCUT2D eigenvalue weighted by atomic mass is 16.1. The van der Waals surface area contributed by atoms with E-state index in [4.69, 9.17) is 0 Å². The van der Waals surface area contributed by atoms with Gasteiger partial charge in [-0.05, 0) is 18.9 Å². The van der Waals surface area contributed by atoms with Gasteiger partial charge in [-0.2, -0.15) is 0 Å². The van der Waals surface area contributed by atoms with Crippen molar-refractivity contribution in [1.82, 2.24) is 5.32 Å². The van der Waals surface area contributed by atoms with Crippen LogP contribution in [-0.2, 0) is 4.79 Å². The highest BCUT2D eigenvalue weighted by Crippen LogP contribution is 2.08. The lowest BCUT2D eigenvalue weighted by molar-refractivity contribution is -0.107. The summed E-state index contributed by atoms with van der Waals surface area (Å²) in [7, 11) is 0. The van der Waals surface area contributed by atoms with Crippen molar-refractivity contribution in [2.45, 2.75) is 52.4 Å². The third kappa shape index (κ3) is 11.6. The number of carbonyl (C=O) groups excluding carboxylic acids is 1. The van der Waals surface area contributed by atoms with Gasteiger partial charge < -0.3 is 10.1 Å². The lowest BCUT2D eigenvalue weighted by Gasteiger charge is -2.04. The van der Waals surface area contributed by atoms with Gasteiger partial charge in [0.15, 0.2) is 0 Å². The number of nitrogens with one attached hydrogen (secondary N) is 1. The van der Waals surface area contributed by atoms with Crippen LogP contribution in [0.4, 0.5) is 0 Å². The molecule has 84 valence electrons. The predicted octanol–water partition coefficient (Wildman–Crippen LogP) is 2.77. The van der Waals surface area contributed by atoms with Crippen molar-refractivity contribution in [1.29, 1.82) is 0 Å².